The number of aromatic nitrogens is 1. The Morgan fingerprint density at radius 2 is 1.34 bits per heavy atom. The summed E-state index contributed by atoms with van der Waals surface area (Å²) >= 11 is 0. The van der Waals surface area contributed by atoms with Crippen LogP contribution in [0.3, 0.4) is 0 Å². The molecule has 0 bridgehead atoms. The van der Waals surface area contributed by atoms with E-state index in [1.807, 2.05) is 24.4 Å². The molecule has 0 saturated carbocycles. The second-order valence-corrected chi connectivity index (χ2v) is 7.08. The third-order valence-corrected chi connectivity index (χ3v) is 5.49. The molecule has 0 radical (unpaired) electrons. The van der Waals surface area contributed by atoms with Crippen LogP contribution < -0.4 is 0 Å². The van der Waals surface area contributed by atoms with Crippen molar-refractivity contribution in [3.63, 3.8) is 0 Å². The highest BCUT2D eigenvalue weighted by molar-refractivity contribution is 5.59. The Balaban J connectivity index is 2.11. The molecule has 0 aliphatic heterocycles. The molecule has 0 N–H and O–H groups in total. The predicted molar refractivity (Wildman–Crippen MR) is 117 cm³/mol. The van der Waals surface area contributed by atoms with E-state index < -0.39 is 5.41 Å². The zero-order valence-corrected chi connectivity index (χ0v) is 16.4. The van der Waals surface area contributed by atoms with E-state index in [4.69, 9.17) is 0 Å². The highest BCUT2D eigenvalue weighted by Crippen LogP contribution is 2.45. The largest absolute Gasteiger partial charge is 0.245 e. The van der Waals surface area contributed by atoms with Crippen molar-refractivity contribution in [3.05, 3.63) is 137 Å². The second kappa shape index (κ2) is 8.12. The van der Waals surface area contributed by atoms with Gasteiger partial charge in [0.25, 0.3) is 0 Å². The number of pyridine rings is 1. The normalized spacial score (nSPS) is 11.0. The van der Waals surface area contributed by atoms with Crippen LogP contribution in [0.2, 0.25) is 0 Å². The zero-order chi connectivity index (χ0) is 20.1. The van der Waals surface area contributed by atoms with Crippen molar-refractivity contribution in [2.24, 2.45) is 0 Å². The molecular weight excluding hydrogens is 352 g/mol. The molecule has 140 valence electrons. The van der Waals surface area contributed by atoms with Gasteiger partial charge in [0.05, 0.1) is 5.41 Å². The third-order valence-electron chi connectivity index (χ3n) is 5.49. The van der Waals surface area contributed by atoms with E-state index in [0.717, 1.165) is 12.0 Å². The molecule has 2 nitrogen and oxygen atoms in total. The number of hydrogen-bond donors (Lipinski definition) is 0. The lowest BCUT2D eigenvalue weighted by Crippen LogP contribution is -2.31. The fourth-order valence-electron chi connectivity index (χ4n) is 4.08. The first-order valence-corrected chi connectivity index (χ1v) is 9.86. The summed E-state index contributed by atoms with van der Waals surface area (Å²) in [6, 6.07) is 35.8. The Bertz CT molecular complexity index is 1090. The third kappa shape index (κ3) is 3.32. The minimum atomic E-state index is -0.519. The van der Waals surface area contributed by atoms with Crippen molar-refractivity contribution < 1.29 is 0 Å². The summed E-state index contributed by atoms with van der Waals surface area (Å²) in [5, 5.41) is 9.24. The van der Waals surface area contributed by atoms with E-state index in [-0.39, 0.29) is 0 Å². The molecular formula is C27H22N2. The van der Waals surface area contributed by atoms with Gasteiger partial charge in [0.2, 0.25) is 0 Å². The molecule has 0 atom stereocenters. The van der Waals surface area contributed by atoms with Crippen molar-refractivity contribution in [3.8, 4) is 6.07 Å². The van der Waals surface area contributed by atoms with Crippen molar-refractivity contribution in [1.29, 1.82) is 5.26 Å². The fraction of sp³-hybridized carbons (Fsp3) is 0.111. The molecule has 0 fully saturated rings. The molecule has 3 aromatic carbocycles. The average Bonchev–Trinajstić information content (AvgIpc) is 2.82. The molecule has 0 saturated heterocycles. The van der Waals surface area contributed by atoms with Crippen LogP contribution in [-0.4, -0.2) is 4.98 Å². The minimum absolute atomic E-state index is 0.422. The van der Waals surface area contributed by atoms with Crippen LogP contribution in [0.25, 0.3) is 0 Å². The van der Waals surface area contributed by atoms with Gasteiger partial charge in [0.15, 0.2) is 0 Å². The van der Waals surface area contributed by atoms with Crippen molar-refractivity contribution >= 4 is 0 Å². The number of aryl methyl sites for hydroxylation is 1. The molecule has 0 aliphatic carbocycles. The van der Waals surface area contributed by atoms with Crippen LogP contribution in [0.4, 0.5) is 0 Å². The Kier molecular flexibility index (Phi) is 5.22. The SMILES string of the molecule is CCc1cccc(C(c2ccccc2)(c2ccccc2)c2ccc(C#N)nc2)c1. The highest BCUT2D eigenvalue weighted by atomic mass is 14.7. The lowest BCUT2D eigenvalue weighted by atomic mass is 9.65. The summed E-state index contributed by atoms with van der Waals surface area (Å²) in [7, 11) is 0. The number of nitriles is 1. The molecule has 0 aliphatic rings. The maximum atomic E-state index is 9.24. The van der Waals surface area contributed by atoms with Crippen LogP contribution in [0.5, 0.6) is 0 Å². The average molecular weight is 374 g/mol. The van der Waals surface area contributed by atoms with E-state index in [9.17, 15) is 5.26 Å². The van der Waals surface area contributed by atoms with Crippen molar-refractivity contribution in [2.45, 2.75) is 18.8 Å². The summed E-state index contributed by atoms with van der Waals surface area (Å²) in [5.41, 5.74) is 5.78. The summed E-state index contributed by atoms with van der Waals surface area (Å²) < 4.78 is 0. The molecule has 29 heavy (non-hydrogen) atoms. The van der Waals surface area contributed by atoms with E-state index >= 15 is 0 Å². The first-order chi connectivity index (χ1) is 14.3. The summed E-state index contributed by atoms with van der Waals surface area (Å²) in [5.74, 6) is 0. The number of nitrogens with zero attached hydrogens (tertiary/aromatic N) is 2. The van der Waals surface area contributed by atoms with Gasteiger partial charge in [-0.1, -0.05) is 97.9 Å². The number of hydrogen-bond acceptors (Lipinski definition) is 2. The summed E-state index contributed by atoms with van der Waals surface area (Å²) in [6.45, 7) is 2.18. The van der Waals surface area contributed by atoms with Crippen LogP contribution in [0.1, 0.15) is 40.4 Å². The van der Waals surface area contributed by atoms with Gasteiger partial charge in [-0.2, -0.15) is 5.26 Å². The lowest BCUT2D eigenvalue weighted by molar-refractivity contribution is 0.737. The minimum Gasteiger partial charge on any atom is -0.245 e. The lowest BCUT2D eigenvalue weighted by Gasteiger charge is -2.36. The molecule has 4 aromatic rings. The van der Waals surface area contributed by atoms with E-state index in [1.165, 1.54) is 22.3 Å². The van der Waals surface area contributed by atoms with Gasteiger partial charge in [0.1, 0.15) is 11.8 Å². The molecule has 4 rings (SSSR count). The van der Waals surface area contributed by atoms with E-state index in [1.54, 1.807) is 6.07 Å². The molecule has 0 unspecified atom stereocenters. The first kappa shape index (κ1) is 18.7. The molecule has 1 aromatic heterocycles. The van der Waals surface area contributed by atoms with Crippen LogP contribution in [0, 0.1) is 11.3 Å². The number of rotatable bonds is 5. The Labute approximate surface area is 172 Å². The first-order valence-electron chi connectivity index (χ1n) is 9.86. The molecule has 1 heterocycles. The van der Waals surface area contributed by atoms with Crippen LogP contribution in [0.15, 0.2) is 103 Å². The molecule has 0 spiro atoms. The highest BCUT2D eigenvalue weighted by Gasteiger charge is 2.38. The van der Waals surface area contributed by atoms with Gasteiger partial charge in [-0.15, -0.1) is 0 Å². The Morgan fingerprint density at radius 1 is 0.724 bits per heavy atom. The van der Waals surface area contributed by atoms with Gasteiger partial charge in [-0.3, -0.25) is 0 Å². The number of benzene rings is 3. The standard InChI is InChI=1S/C27H22N2/c1-2-21-10-9-15-24(18-21)27(22-11-5-3-6-12-22,23-13-7-4-8-14-23)25-16-17-26(19-28)29-20-25/h3-18,20H,2H2,1H3. The van der Waals surface area contributed by atoms with Gasteiger partial charge in [-0.25, -0.2) is 4.98 Å². The van der Waals surface area contributed by atoms with E-state index in [0.29, 0.717) is 5.69 Å². The van der Waals surface area contributed by atoms with Crippen LogP contribution in [-0.2, 0) is 11.8 Å². The van der Waals surface area contributed by atoms with E-state index in [2.05, 4.69) is 90.8 Å². The van der Waals surface area contributed by atoms with Crippen LogP contribution >= 0.6 is 0 Å². The molecule has 2 heteroatoms. The van der Waals surface area contributed by atoms with Gasteiger partial charge in [0, 0.05) is 6.20 Å². The smallest absolute Gasteiger partial charge is 0.140 e. The Hall–Kier alpha value is -3.70. The summed E-state index contributed by atoms with van der Waals surface area (Å²) in [6.07, 6.45) is 2.82. The van der Waals surface area contributed by atoms with Gasteiger partial charge in [-0.05, 0) is 40.3 Å². The predicted octanol–water partition coefficient (Wildman–Crippen LogP) is 5.90. The second-order valence-electron chi connectivity index (χ2n) is 7.08. The maximum Gasteiger partial charge on any atom is 0.140 e. The monoisotopic (exact) mass is 374 g/mol. The molecule has 0 amide bonds. The quantitative estimate of drug-likeness (QED) is 0.408. The fourth-order valence-corrected chi connectivity index (χ4v) is 4.08. The summed E-state index contributed by atoms with van der Waals surface area (Å²) in [4.78, 5) is 4.42. The van der Waals surface area contributed by atoms with Crippen molar-refractivity contribution in [2.75, 3.05) is 0 Å². The zero-order valence-electron chi connectivity index (χ0n) is 16.4. The topological polar surface area (TPSA) is 36.7 Å². The van der Waals surface area contributed by atoms with Crippen molar-refractivity contribution in [1.82, 2.24) is 4.98 Å². The Morgan fingerprint density at radius 3 is 1.86 bits per heavy atom. The van der Waals surface area contributed by atoms with Gasteiger partial charge < -0.3 is 0 Å². The maximum absolute atomic E-state index is 9.24. The van der Waals surface area contributed by atoms with Gasteiger partial charge >= 0.3 is 0 Å².